The molecule has 0 spiro atoms. The molecule has 4 nitrogen and oxygen atoms in total. The number of anilines is 1. The highest BCUT2D eigenvalue weighted by molar-refractivity contribution is 6.30. The first kappa shape index (κ1) is 11.8. The molecule has 1 aliphatic rings. The second-order valence-corrected chi connectivity index (χ2v) is 5.57. The summed E-state index contributed by atoms with van der Waals surface area (Å²) in [5.41, 5.74) is 0.821. The molecule has 0 amide bonds. The van der Waals surface area contributed by atoms with Crippen LogP contribution in [-0.4, -0.2) is 21.1 Å². The fraction of sp³-hybridized carbons (Fsp3) is 0.538. The first-order valence-electron chi connectivity index (χ1n) is 6.48. The van der Waals surface area contributed by atoms with E-state index in [0.717, 1.165) is 24.0 Å². The molecule has 1 N–H and O–H groups in total. The number of nitrogens with one attached hydrogen (secondary N) is 1. The van der Waals surface area contributed by atoms with Gasteiger partial charge in [0.2, 0.25) is 5.95 Å². The maximum Gasteiger partial charge on any atom is 0.243 e. The Labute approximate surface area is 111 Å². The van der Waals surface area contributed by atoms with Gasteiger partial charge in [0.15, 0.2) is 5.65 Å². The van der Waals surface area contributed by atoms with Gasteiger partial charge in [-0.1, -0.05) is 31.4 Å². The molecule has 5 heteroatoms. The van der Waals surface area contributed by atoms with E-state index < -0.39 is 0 Å². The molecule has 1 fully saturated rings. The largest absolute Gasteiger partial charge is 0.353 e. The van der Waals surface area contributed by atoms with E-state index in [9.17, 15) is 0 Å². The van der Waals surface area contributed by atoms with Crippen molar-refractivity contribution in [2.75, 3.05) is 11.9 Å². The van der Waals surface area contributed by atoms with E-state index in [4.69, 9.17) is 11.6 Å². The van der Waals surface area contributed by atoms with Crippen LogP contribution < -0.4 is 5.32 Å². The van der Waals surface area contributed by atoms with Gasteiger partial charge < -0.3 is 5.32 Å². The fourth-order valence-electron chi connectivity index (χ4n) is 2.68. The standard InChI is InChI=1S/C13H17ClN4/c1-9-3-2-4-10(9)7-15-13-16-12-6-5-11(14)8-18(12)17-13/h5-6,8-10H,2-4,7H2,1H3,(H,15,17). The van der Waals surface area contributed by atoms with Gasteiger partial charge in [-0.05, 0) is 30.4 Å². The van der Waals surface area contributed by atoms with Crippen molar-refractivity contribution in [3.8, 4) is 0 Å². The Morgan fingerprint density at radius 3 is 3.11 bits per heavy atom. The molecule has 18 heavy (non-hydrogen) atoms. The topological polar surface area (TPSA) is 42.2 Å². The summed E-state index contributed by atoms with van der Waals surface area (Å²) in [4.78, 5) is 4.42. The van der Waals surface area contributed by atoms with E-state index in [0.29, 0.717) is 11.0 Å². The highest BCUT2D eigenvalue weighted by atomic mass is 35.5. The zero-order chi connectivity index (χ0) is 12.5. The van der Waals surface area contributed by atoms with Gasteiger partial charge >= 0.3 is 0 Å². The molecular weight excluding hydrogens is 248 g/mol. The molecule has 2 atom stereocenters. The molecule has 2 aromatic heterocycles. The van der Waals surface area contributed by atoms with Crippen molar-refractivity contribution in [2.24, 2.45) is 11.8 Å². The number of halogens is 1. The molecule has 3 rings (SSSR count). The number of rotatable bonds is 3. The minimum absolute atomic E-state index is 0.670. The van der Waals surface area contributed by atoms with Crippen molar-refractivity contribution in [3.63, 3.8) is 0 Å². The molecular formula is C13H17ClN4. The Balaban J connectivity index is 1.71. The Morgan fingerprint density at radius 2 is 2.33 bits per heavy atom. The van der Waals surface area contributed by atoms with Gasteiger partial charge in [-0.2, -0.15) is 4.98 Å². The Morgan fingerprint density at radius 1 is 1.44 bits per heavy atom. The predicted molar refractivity (Wildman–Crippen MR) is 73.0 cm³/mol. The van der Waals surface area contributed by atoms with E-state index in [1.165, 1.54) is 19.3 Å². The Hall–Kier alpha value is -1.29. The van der Waals surface area contributed by atoms with Crippen LogP contribution in [0.4, 0.5) is 5.95 Å². The van der Waals surface area contributed by atoms with Gasteiger partial charge in [0.25, 0.3) is 0 Å². The summed E-state index contributed by atoms with van der Waals surface area (Å²) < 4.78 is 1.71. The second kappa shape index (κ2) is 4.76. The quantitative estimate of drug-likeness (QED) is 0.926. The average molecular weight is 265 g/mol. The summed E-state index contributed by atoms with van der Waals surface area (Å²) in [6.07, 6.45) is 5.78. The molecule has 0 bridgehead atoms. The third kappa shape index (κ3) is 2.29. The van der Waals surface area contributed by atoms with Crippen LogP contribution in [0.3, 0.4) is 0 Å². The molecule has 2 aromatic rings. The number of nitrogens with zero attached hydrogens (tertiary/aromatic N) is 3. The summed E-state index contributed by atoms with van der Waals surface area (Å²) in [5.74, 6) is 2.25. The molecule has 2 heterocycles. The number of hydrogen-bond donors (Lipinski definition) is 1. The lowest BCUT2D eigenvalue weighted by molar-refractivity contribution is 0.439. The van der Waals surface area contributed by atoms with E-state index >= 15 is 0 Å². The summed E-state index contributed by atoms with van der Waals surface area (Å²) in [6.45, 7) is 3.29. The maximum atomic E-state index is 5.92. The third-order valence-corrected chi connectivity index (χ3v) is 4.08. The van der Waals surface area contributed by atoms with Crippen molar-refractivity contribution >= 4 is 23.2 Å². The molecule has 2 unspecified atom stereocenters. The molecule has 96 valence electrons. The number of aromatic nitrogens is 3. The van der Waals surface area contributed by atoms with Crippen LogP contribution in [0.1, 0.15) is 26.2 Å². The first-order valence-corrected chi connectivity index (χ1v) is 6.86. The van der Waals surface area contributed by atoms with Crippen LogP contribution in [0.15, 0.2) is 18.3 Å². The van der Waals surface area contributed by atoms with E-state index in [1.54, 1.807) is 10.7 Å². The van der Waals surface area contributed by atoms with Crippen LogP contribution in [-0.2, 0) is 0 Å². The lowest BCUT2D eigenvalue weighted by Crippen LogP contribution is -2.17. The molecule has 1 saturated carbocycles. The summed E-state index contributed by atoms with van der Waals surface area (Å²) in [7, 11) is 0. The number of pyridine rings is 1. The Bertz CT molecular complexity index is 551. The summed E-state index contributed by atoms with van der Waals surface area (Å²) in [6, 6.07) is 3.70. The number of hydrogen-bond acceptors (Lipinski definition) is 3. The summed E-state index contributed by atoms with van der Waals surface area (Å²) in [5, 5.41) is 8.38. The van der Waals surface area contributed by atoms with Gasteiger partial charge in [0.05, 0.1) is 5.02 Å². The zero-order valence-corrected chi connectivity index (χ0v) is 11.2. The third-order valence-electron chi connectivity index (χ3n) is 3.86. The molecule has 0 aliphatic heterocycles. The van der Waals surface area contributed by atoms with Gasteiger partial charge in [-0.15, -0.1) is 5.10 Å². The normalized spacial score (nSPS) is 23.7. The van der Waals surface area contributed by atoms with Crippen molar-refractivity contribution in [3.05, 3.63) is 23.4 Å². The smallest absolute Gasteiger partial charge is 0.243 e. The monoisotopic (exact) mass is 264 g/mol. The van der Waals surface area contributed by atoms with Crippen molar-refractivity contribution in [2.45, 2.75) is 26.2 Å². The van der Waals surface area contributed by atoms with Gasteiger partial charge in [0, 0.05) is 12.7 Å². The van der Waals surface area contributed by atoms with Crippen molar-refractivity contribution in [1.29, 1.82) is 0 Å². The van der Waals surface area contributed by atoms with Crippen LogP contribution >= 0.6 is 11.6 Å². The number of fused-ring (bicyclic) bond motifs is 1. The minimum Gasteiger partial charge on any atom is -0.353 e. The fourth-order valence-corrected chi connectivity index (χ4v) is 2.84. The molecule has 0 aromatic carbocycles. The van der Waals surface area contributed by atoms with Crippen LogP contribution in [0.25, 0.3) is 5.65 Å². The zero-order valence-electron chi connectivity index (χ0n) is 10.4. The van der Waals surface area contributed by atoms with Crippen molar-refractivity contribution in [1.82, 2.24) is 14.6 Å². The van der Waals surface area contributed by atoms with Crippen LogP contribution in [0.5, 0.6) is 0 Å². The SMILES string of the molecule is CC1CCCC1CNc1nc2ccc(Cl)cn2n1. The van der Waals surface area contributed by atoms with Crippen LogP contribution in [0, 0.1) is 11.8 Å². The van der Waals surface area contributed by atoms with E-state index in [-0.39, 0.29) is 0 Å². The van der Waals surface area contributed by atoms with E-state index in [1.807, 2.05) is 12.1 Å². The molecule has 0 radical (unpaired) electrons. The van der Waals surface area contributed by atoms with Crippen molar-refractivity contribution < 1.29 is 0 Å². The lowest BCUT2D eigenvalue weighted by Gasteiger charge is -2.14. The minimum atomic E-state index is 0.670. The molecule has 1 aliphatic carbocycles. The molecule has 0 saturated heterocycles. The summed E-state index contributed by atoms with van der Waals surface area (Å²) >= 11 is 5.92. The van der Waals surface area contributed by atoms with Crippen LogP contribution in [0.2, 0.25) is 5.02 Å². The predicted octanol–water partition coefficient (Wildman–Crippen LogP) is 3.23. The lowest BCUT2D eigenvalue weighted by atomic mass is 9.98. The van der Waals surface area contributed by atoms with Gasteiger partial charge in [-0.25, -0.2) is 4.52 Å². The average Bonchev–Trinajstić information content (AvgIpc) is 2.92. The second-order valence-electron chi connectivity index (χ2n) is 5.13. The van der Waals surface area contributed by atoms with Gasteiger partial charge in [-0.3, -0.25) is 0 Å². The van der Waals surface area contributed by atoms with E-state index in [2.05, 4.69) is 22.3 Å². The maximum absolute atomic E-state index is 5.92. The van der Waals surface area contributed by atoms with Gasteiger partial charge in [0.1, 0.15) is 0 Å². The highest BCUT2D eigenvalue weighted by Crippen LogP contribution is 2.30. The first-order chi connectivity index (χ1) is 8.72. The highest BCUT2D eigenvalue weighted by Gasteiger charge is 2.23. The Kier molecular flexibility index (Phi) is 3.12.